The lowest BCUT2D eigenvalue weighted by Gasteiger charge is -2.36. The molecule has 3 heterocycles. The molecule has 0 spiro atoms. The molecule has 0 aromatic heterocycles. The minimum Gasteiger partial charge on any atom is -0.368 e. The van der Waals surface area contributed by atoms with Gasteiger partial charge in [-0.25, -0.2) is 0 Å². The van der Waals surface area contributed by atoms with Gasteiger partial charge in [0, 0.05) is 51.4 Å². The van der Waals surface area contributed by atoms with E-state index in [0.29, 0.717) is 39.2 Å². The number of halogens is 3. The molecule has 0 saturated carbocycles. The minimum atomic E-state index is -4.51. The van der Waals surface area contributed by atoms with E-state index in [1.165, 1.54) is 17.0 Å². The van der Waals surface area contributed by atoms with Gasteiger partial charge in [0.05, 0.1) is 11.5 Å². The van der Waals surface area contributed by atoms with E-state index >= 15 is 0 Å². The zero-order valence-electron chi connectivity index (χ0n) is 16.9. The first-order valence-corrected chi connectivity index (χ1v) is 10.4. The average Bonchev–Trinajstić information content (AvgIpc) is 3.42. The number of nitrogens with zero attached hydrogens (tertiary/aromatic N) is 3. The maximum absolute atomic E-state index is 13.0. The van der Waals surface area contributed by atoms with Crippen LogP contribution in [0.5, 0.6) is 0 Å². The standard InChI is InChI=1S/C21H24F3N3O4/c22-21(23,24)15-3-1-4-16(12-15)27-13-14(11-18(27)28)19(29)25-6-8-26(9-7-25)20(30)17-5-2-10-31-17/h1,3-4,12,14,17H,2,5-11,13H2/t14-,17-/m0/s1. The first-order valence-electron chi connectivity index (χ1n) is 10.4. The normalized spacial score (nSPS) is 24.7. The number of benzene rings is 1. The summed E-state index contributed by atoms with van der Waals surface area (Å²) in [6.07, 6.45) is -3.35. The topological polar surface area (TPSA) is 70.2 Å². The van der Waals surface area contributed by atoms with Gasteiger partial charge in [-0.2, -0.15) is 13.2 Å². The number of amides is 3. The molecular formula is C21H24F3N3O4. The van der Waals surface area contributed by atoms with Crippen molar-refractivity contribution in [2.24, 2.45) is 5.92 Å². The van der Waals surface area contributed by atoms with Gasteiger partial charge in [0.25, 0.3) is 5.91 Å². The molecule has 0 unspecified atom stereocenters. The van der Waals surface area contributed by atoms with Crippen molar-refractivity contribution in [1.82, 2.24) is 9.80 Å². The molecule has 3 fully saturated rings. The molecule has 0 aliphatic carbocycles. The predicted octanol–water partition coefficient (Wildman–Crippen LogP) is 1.91. The van der Waals surface area contributed by atoms with Crippen LogP contribution in [0.25, 0.3) is 0 Å². The number of rotatable bonds is 3. The van der Waals surface area contributed by atoms with Crippen LogP contribution in [-0.2, 0) is 25.3 Å². The molecule has 0 bridgehead atoms. The summed E-state index contributed by atoms with van der Waals surface area (Å²) < 4.78 is 44.4. The third-order valence-electron chi connectivity index (χ3n) is 6.07. The fraction of sp³-hybridized carbons (Fsp3) is 0.571. The zero-order chi connectivity index (χ0) is 22.2. The highest BCUT2D eigenvalue weighted by Crippen LogP contribution is 2.33. The SMILES string of the molecule is O=C([C@H]1CC(=O)N(c2cccc(C(F)(F)F)c2)C1)N1CCN(C(=O)[C@@H]2CCCO2)CC1. The Hall–Kier alpha value is -2.62. The van der Waals surface area contributed by atoms with E-state index in [1.807, 2.05) is 0 Å². The van der Waals surface area contributed by atoms with Crippen LogP contribution in [0.3, 0.4) is 0 Å². The summed E-state index contributed by atoms with van der Waals surface area (Å²) in [4.78, 5) is 42.4. The highest BCUT2D eigenvalue weighted by atomic mass is 19.4. The molecule has 168 valence electrons. The van der Waals surface area contributed by atoms with Gasteiger partial charge in [-0.05, 0) is 31.0 Å². The third kappa shape index (κ3) is 4.53. The molecule has 3 aliphatic heterocycles. The molecule has 7 nitrogen and oxygen atoms in total. The molecule has 2 atom stereocenters. The third-order valence-corrected chi connectivity index (χ3v) is 6.07. The number of alkyl halides is 3. The number of carbonyl (C=O) groups excluding carboxylic acids is 3. The number of carbonyl (C=O) groups is 3. The number of piperazine rings is 1. The molecule has 10 heteroatoms. The zero-order valence-corrected chi connectivity index (χ0v) is 16.9. The Balaban J connectivity index is 1.35. The second-order valence-corrected chi connectivity index (χ2v) is 8.11. The number of ether oxygens (including phenoxy) is 1. The van der Waals surface area contributed by atoms with Gasteiger partial charge in [-0.3, -0.25) is 14.4 Å². The predicted molar refractivity (Wildman–Crippen MR) is 104 cm³/mol. The smallest absolute Gasteiger partial charge is 0.368 e. The number of anilines is 1. The van der Waals surface area contributed by atoms with E-state index in [0.717, 1.165) is 18.6 Å². The Bertz CT molecular complexity index is 862. The summed E-state index contributed by atoms with van der Waals surface area (Å²) in [7, 11) is 0. The van der Waals surface area contributed by atoms with Crippen LogP contribution in [0.1, 0.15) is 24.8 Å². The number of hydrogen-bond acceptors (Lipinski definition) is 4. The minimum absolute atomic E-state index is 0.0376. The van der Waals surface area contributed by atoms with Gasteiger partial charge >= 0.3 is 6.18 Å². The highest BCUT2D eigenvalue weighted by Gasteiger charge is 2.40. The van der Waals surface area contributed by atoms with Crippen molar-refractivity contribution in [3.8, 4) is 0 Å². The lowest BCUT2D eigenvalue weighted by atomic mass is 10.1. The van der Waals surface area contributed by atoms with E-state index < -0.39 is 23.8 Å². The van der Waals surface area contributed by atoms with Gasteiger partial charge in [0.2, 0.25) is 11.8 Å². The molecule has 4 rings (SSSR count). The van der Waals surface area contributed by atoms with Crippen molar-refractivity contribution >= 4 is 23.4 Å². The van der Waals surface area contributed by atoms with Crippen molar-refractivity contribution in [2.45, 2.75) is 31.5 Å². The summed E-state index contributed by atoms with van der Waals surface area (Å²) in [6.45, 7) is 2.18. The summed E-state index contributed by atoms with van der Waals surface area (Å²) in [5.74, 6) is -1.23. The second-order valence-electron chi connectivity index (χ2n) is 8.11. The van der Waals surface area contributed by atoms with Crippen LogP contribution in [0.4, 0.5) is 18.9 Å². The fourth-order valence-corrected chi connectivity index (χ4v) is 4.35. The van der Waals surface area contributed by atoms with E-state index in [-0.39, 0.29) is 36.4 Å². The Morgan fingerprint density at radius 2 is 1.71 bits per heavy atom. The molecule has 31 heavy (non-hydrogen) atoms. The van der Waals surface area contributed by atoms with Crippen LogP contribution in [0.2, 0.25) is 0 Å². The molecular weight excluding hydrogens is 415 g/mol. The number of hydrogen-bond donors (Lipinski definition) is 0. The van der Waals surface area contributed by atoms with E-state index in [9.17, 15) is 27.6 Å². The van der Waals surface area contributed by atoms with Crippen LogP contribution in [0, 0.1) is 5.92 Å². The van der Waals surface area contributed by atoms with Crippen molar-refractivity contribution in [1.29, 1.82) is 0 Å². The maximum atomic E-state index is 13.0. The molecule has 1 aromatic carbocycles. The highest BCUT2D eigenvalue weighted by molar-refractivity contribution is 6.00. The molecule has 3 aliphatic rings. The largest absolute Gasteiger partial charge is 0.416 e. The van der Waals surface area contributed by atoms with Gasteiger partial charge in [0.1, 0.15) is 6.10 Å². The summed E-state index contributed by atoms with van der Waals surface area (Å²) >= 11 is 0. The lowest BCUT2D eigenvalue weighted by Crippen LogP contribution is -2.54. The van der Waals surface area contributed by atoms with Crippen LogP contribution < -0.4 is 4.90 Å². The maximum Gasteiger partial charge on any atom is 0.416 e. The van der Waals surface area contributed by atoms with Gasteiger partial charge in [0.15, 0.2) is 0 Å². The Morgan fingerprint density at radius 3 is 2.32 bits per heavy atom. The van der Waals surface area contributed by atoms with Gasteiger partial charge < -0.3 is 19.4 Å². The summed E-state index contributed by atoms with van der Waals surface area (Å²) in [6, 6.07) is 4.57. The van der Waals surface area contributed by atoms with Crippen LogP contribution in [-0.4, -0.2) is 73.0 Å². The van der Waals surface area contributed by atoms with Crippen molar-refractivity contribution in [3.05, 3.63) is 29.8 Å². The van der Waals surface area contributed by atoms with E-state index in [4.69, 9.17) is 4.74 Å². The summed E-state index contributed by atoms with van der Waals surface area (Å²) in [5.41, 5.74) is -0.693. The Kier molecular flexibility index (Phi) is 5.92. The Labute approximate surface area is 177 Å². The lowest BCUT2D eigenvalue weighted by molar-refractivity contribution is -0.147. The first-order chi connectivity index (χ1) is 14.7. The molecule has 0 radical (unpaired) electrons. The second kappa shape index (κ2) is 8.49. The van der Waals surface area contributed by atoms with Crippen molar-refractivity contribution < 1.29 is 32.3 Å². The van der Waals surface area contributed by atoms with Crippen LogP contribution in [0.15, 0.2) is 24.3 Å². The van der Waals surface area contributed by atoms with Crippen molar-refractivity contribution in [3.63, 3.8) is 0 Å². The fourth-order valence-electron chi connectivity index (χ4n) is 4.35. The van der Waals surface area contributed by atoms with Crippen molar-refractivity contribution in [2.75, 3.05) is 44.2 Å². The first kappa shape index (κ1) is 21.6. The average molecular weight is 439 g/mol. The molecule has 1 aromatic rings. The monoisotopic (exact) mass is 439 g/mol. The van der Waals surface area contributed by atoms with Crippen LogP contribution >= 0.6 is 0 Å². The molecule has 3 saturated heterocycles. The van der Waals surface area contributed by atoms with Gasteiger partial charge in [-0.1, -0.05) is 6.07 Å². The van der Waals surface area contributed by atoms with E-state index in [1.54, 1.807) is 9.80 Å². The summed E-state index contributed by atoms with van der Waals surface area (Å²) in [5, 5.41) is 0. The van der Waals surface area contributed by atoms with Gasteiger partial charge in [-0.15, -0.1) is 0 Å². The quantitative estimate of drug-likeness (QED) is 0.722. The molecule has 0 N–H and O–H groups in total. The molecule has 3 amide bonds. The van der Waals surface area contributed by atoms with E-state index in [2.05, 4.69) is 0 Å². The Morgan fingerprint density at radius 1 is 1.03 bits per heavy atom.